The molecular weight excluding hydrogens is 287 g/mol. The second-order valence-electron chi connectivity index (χ2n) is 7.47. The number of fused-ring (bicyclic) bond motifs is 1. The first-order chi connectivity index (χ1) is 11.2. The first-order valence-corrected chi connectivity index (χ1v) is 9.03. The van der Waals surface area contributed by atoms with Crippen LogP contribution in [0.2, 0.25) is 0 Å². The molecule has 2 fully saturated rings. The molecule has 1 saturated heterocycles. The SMILES string of the molecule is C[C@H]1CC[C@@H](CCc2cc3nc(N4CCC4)ccc3cc2F)C1. The second-order valence-corrected chi connectivity index (χ2v) is 7.47. The zero-order valence-corrected chi connectivity index (χ0v) is 13.9. The molecule has 3 heteroatoms. The summed E-state index contributed by atoms with van der Waals surface area (Å²) in [5.74, 6) is 2.59. The molecule has 2 aromatic rings. The van der Waals surface area contributed by atoms with Crippen molar-refractivity contribution in [2.45, 2.75) is 45.4 Å². The predicted octanol–water partition coefficient (Wildman–Crippen LogP) is 4.95. The van der Waals surface area contributed by atoms with Crippen molar-refractivity contribution in [1.82, 2.24) is 4.98 Å². The summed E-state index contributed by atoms with van der Waals surface area (Å²) in [6.45, 7) is 4.51. The van der Waals surface area contributed by atoms with Crippen LogP contribution < -0.4 is 4.90 Å². The number of hydrogen-bond acceptors (Lipinski definition) is 2. The number of benzene rings is 1. The van der Waals surface area contributed by atoms with E-state index < -0.39 is 0 Å². The molecule has 1 aliphatic heterocycles. The Bertz CT molecular complexity index is 708. The quantitative estimate of drug-likeness (QED) is 0.794. The van der Waals surface area contributed by atoms with Gasteiger partial charge < -0.3 is 4.90 Å². The molecule has 2 nitrogen and oxygen atoms in total. The Hall–Kier alpha value is -1.64. The molecular formula is C20H25FN2. The molecule has 2 heterocycles. The van der Waals surface area contributed by atoms with Crippen LogP contribution in [0.15, 0.2) is 24.3 Å². The number of anilines is 1. The van der Waals surface area contributed by atoms with E-state index in [9.17, 15) is 4.39 Å². The summed E-state index contributed by atoms with van der Waals surface area (Å²) < 4.78 is 14.4. The maximum atomic E-state index is 14.4. The van der Waals surface area contributed by atoms with Crippen molar-refractivity contribution in [2.75, 3.05) is 18.0 Å². The smallest absolute Gasteiger partial charge is 0.129 e. The molecule has 0 N–H and O–H groups in total. The van der Waals surface area contributed by atoms with Gasteiger partial charge in [-0.2, -0.15) is 0 Å². The van der Waals surface area contributed by atoms with Crippen LogP contribution in [-0.4, -0.2) is 18.1 Å². The zero-order chi connectivity index (χ0) is 15.8. The lowest BCUT2D eigenvalue weighted by Crippen LogP contribution is -2.37. The molecule has 23 heavy (non-hydrogen) atoms. The maximum Gasteiger partial charge on any atom is 0.129 e. The van der Waals surface area contributed by atoms with Gasteiger partial charge in [-0.1, -0.05) is 19.8 Å². The minimum atomic E-state index is -0.0676. The first-order valence-electron chi connectivity index (χ1n) is 9.03. The second kappa shape index (κ2) is 6.10. The van der Waals surface area contributed by atoms with E-state index in [1.165, 1.54) is 25.7 Å². The highest BCUT2D eigenvalue weighted by Crippen LogP contribution is 2.34. The summed E-state index contributed by atoms with van der Waals surface area (Å²) in [4.78, 5) is 7.03. The van der Waals surface area contributed by atoms with Crippen molar-refractivity contribution in [1.29, 1.82) is 0 Å². The summed E-state index contributed by atoms with van der Waals surface area (Å²) in [5.41, 5.74) is 1.77. The predicted molar refractivity (Wildman–Crippen MR) is 93.4 cm³/mol. The van der Waals surface area contributed by atoms with E-state index in [2.05, 4.69) is 11.8 Å². The molecule has 122 valence electrons. The normalized spacial score (nSPS) is 24.2. The van der Waals surface area contributed by atoms with Gasteiger partial charge >= 0.3 is 0 Å². The number of pyridine rings is 1. The van der Waals surface area contributed by atoms with Gasteiger partial charge in [0.25, 0.3) is 0 Å². The standard InChI is InChI=1S/C20H25FN2/c1-14-3-4-15(11-14)5-6-16-13-19-17(12-18(16)21)7-8-20(22-19)23-9-2-10-23/h7-8,12-15H,2-6,9-11H2,1H3/t14-,15-/m0/s1. The Morgan fingerprint density at radius 2 is 2.09 bits per heavy atom. The molecule has 0 bridgehead atoms. The van der Waals surface area contributed by atoms with Crippen LogP contribution in [0, 0.1) is 17.7 Å². The number of halogens is 1. The molecule has 2 atom stereocenters. The van der Waals surface area contributed by atoms with Crippen molar-refractivity contribution in [3.05, 3.63) is 35.6 Å². The molecule has 1 saturated carbocycles. The van der Waals surface area contributed by atoms with E-state index in [0.29, 0.717) is 0 Å². The summed E-state index contributed by atoms with van der Waals surface area (Å²) in [7, 11) is 0. The zero-order valence-electron chi connectivity index (χ0n) is 13.9. The number of hydrogen-bond donors (Lipinski definition) is 0. The van der Waals surface area contributed by atoms with Gasteiger partial charge in [-0.05, 0) is 67.3 Å². The Labute approximate surface area is 137 Å². The van der Waals surface area contributed by atoms with Crippen molar-refractivity contribution in [3.8, 4) is 0 Å². The summed E-state index contributed by atoms with van der Waals surface area (Å²) in [5, 5.41) is 0.907. The van der Waals surface area contributed by atoms with Gasteiger partial charge in [0.15, 0.2) is 0 Å². The van der Waals surface area contributed by atoms with Gasteiger partial charge in [-0.15, -0.1) is 0 Å². The Kier molecular flexibility index (Phi) is 3.96. The highest BCUT2D eigenvalue weighted by atomic mass is 19.1. The average molecular weight is 312 g/mol. The fourth-order valence-corrected chi connectivity index (χ4v) is 4.04. The van der Waals surface area contributed by atoms with Gasteiger partial charge in [0.05, 0.1) is 5.52 Å². The van der Waals surface area contributed by atoms with E-state index in [1.807, 2.05) is 18.2 Å². The molecule has 2 aliphatic rings. The highest BCUT2D eigenvalue weighted by molar-refractivity contribution is 5.81. The van der Waals surface area contributed by atoms with E-state index in [1.54, 1.807) is 6.07 Å². The van der Waals surface area contributed by atoms with Gasteiger partial charge in [0, 0.05) is 18.5 Å². The fraction of sp³-hybridized carbons (Fsp3) is 0.550. The van der Waals surface area contributed by atoms with Gasteiger partial charge in [0.2, 0.25) is 0 Å². The first kappa shape index (κ1) is 14.9. The summed E-state index contributed by atoms with van der Waals surface area (Å²) in [6.07, 6.45) is 7.16. The van der Waals surface area contributed by atoms with Gasteiger partial charge in [-0.25, -0.2) is 9.37 Å². The number of nitrogens with zero attached hydrogens (tertiary/aromatic N) is 2. The number of aromatic nitrogens is 1. The van der Waals surface area contributed by atoms with Crippen LogP contribution in [0.3, 0.4) is 0 Å². The van der Waals surface area contributed by atoms with Crippen LogP contribution in [0.1, 0.15) is 44.6 Å². The molecule has 4 rings (SSSR count). The Morgan fingerprint density at radius 3 is 2.78 bits per heavy atom. The van der Waals surface area contributed by atoms with E-state index in [-0.39, 0.29) is 5.82 Å². The molecule has 1 aliphatic carbocycles. The molecule has 0 amide bonds. The largest absolute Gasteiger partial charge is 0.356 e. The van der Waals surface area contributed by atoms with E-state index in [0.717, 1.165) is 60.1 Å². The lowest BCUT2D eigenvalue weighted by atomic mass is 9.96. The highest BCUT2D eigenvalue weighted by Gasteiger charge is 2.21. The number of rotatable bonds is 4. The van der Waals surface area contributed by atoms with Crippen LogP contribution in [-0.2, 0) is 6.42 Å². The van der Waals surface area contributed by atoms with Crippen LogP contribution in [0.4, 0.5) is 10.2 Å². The lowest BCUT2D eigenvalue weighted by molar-refractivity contribution is 0.474. The third-order valence-corrected chi connectivity index (χ3v) is 5.65. The fourth-order valence-electron chi connectivity index (χ4n) is 4.04. The van der Waals surface area contributed by atoms with Crippen molar-refractivity contribution >= 4 is 16.7 Å². The average Bonchev–Trinajstić information content (AvgIpc) is 2.89. The molecule has 1 aromatic heterocycles. The van der Waals surface area contributed by atoms with Crippen LogP contribution in [0.25, 0.3) is 10.9 Å². The minimum Gasteiger partial charge on any atom is -0.356 e. The van der Waals surface area contributed by atoms with Crippen molar-refractivity contribution in [3.63, 3.8) is 0 Å². The number of aryl methyl sites for hydroxylation is 1. The topological polar surface area (TPSA) is 16.1 Å². The van der Waals surface area contributed by atoms with Crippen LogP contribution >= 0.6 is 0 Å². The van der Waals surface area contributed by atoms with Gasteiger partial charge in [-0.3, -0.25) is 0 Å². The maximum absolute atomic E-state index is 14.4. The summed E-state index contributed by atoms with van der Waals surface area (Å²) in [6, 6.07) is 7.66. The molecule has 0 radical (unpaired) electrons. The Balaban J connectivity index is 1.54. The Morgan fingerprint density at radius 1 is 1.22 bits per heavy atom. The lowest BCUT2D eigenvalue weighted by Gasteiger charge is -2.32. The van der Waals surface area contributed by atoms with E-state index in [4.69, 9.17) is 4.98 Å². The van der Waals surface area contributed by atoms with Gasteiger partial charge in [0.1, 0.15) is 11.6 Å². The third-order valence-electron chi connectivity index (χ3n) is 5.65. The molecule has 0 spiro atoms. The third kappa shape index (κ3) is 3.06. The molecule has 0 unspecified atom stereocenters. The van der Waals surface area contributed by atoms with Crippen molar-refractivity contribution < 1.29 is 4.39 Å². The van der Waals surface area contributed by atoms with Crippen molar-refractivity contribution in [2.24, 2.45) is 11.8 Å². The molecule has 1 aromatic carbocycles. The van der Waals surface area contributed by atoms with Crippen LogP contribution in [0.5, 0.6) is 0 Å². The summed E-state index contributed by atoms with van der Waals surface area (Å²) >= 11 is 0. The minimum absolute atomic E-state index is 0.0676. The monoisotopic (exact) mass is 312 g/mol. The van der Waals surface area contributed by atoms with E-state index >= 15 is 0 Å².